The Labute approximate surface area is 116 Å². The lowest BCUT2D eigenvalue weighted by Gasteiger charge is -2.08. The van der Waals surface area contributed by atoms with E-state index in [-0.39, 0.29) is 11.4 Å². The zero-order chi connectivity index (χ0) is 14.5. The first-order chi connectivity index (χ1) is 9.60. The van der Waals surface area contributed by atoms with Crippen molar-refractivity contribution in [2.24, 2.45) is 5.84 Å². The van der Waals surface area contributed by atoms with Crippen molar-refractivity contribution in [3.8, 4) is 5.75 Å². The van der Waals surface area contributed by atoms with Gasteiger partial charge in [0, 0.05) is 6.07 Å². The quantitative estimate of drug-likeness (QED) is 0.496. The standard InChI is InChI=1S/C14H15N3O3/c1-10-3-2-4-12(7-10)20-9-11-5-6-14(17(18)19)13(8-11)16-15/h2-8,16H,9,15H2,1H3. The number of anilines is 1. The maximum absolute atomic E-state index is 10.8. The van der Waals surface area contributed by atoms with Crippen molar-refractivity contribution in [3.63, 3.8) is 0 Å². The van der Waals surface area contributed by atoms with Gasteiger partial charge >= 0.3 is 0 Å². The van der Waals surface area contributed by atoms with Crippen LogP contribution in [0.5, 0.6) is 5.75 Å². The van der Waals surface area contributed by atoms with Crippen molar-refractivity contribution in [2.75, 3.05) is 5.43 Å². The number of aryl methyl sites for hydroxylation is 1. The monoisotopic (exact) mass is 273 g/mol. The third-order valence-electron chi connectivity index (χ3n) is 2.81. The van der Waals surface area contributed by atoms with Crippen LogP contribution in [0.2, 0.25) is 0 Å². The largest absolute Gasteiger partial charge is 0.489 e. The number of nitrogen functional groups attached to an aromatic ring is 1. The Morgan fingerprint density at radius 3 is 2.75 bits per heavy atom. The molecule has 0 atom stereocenters. The molecule has 0 aromatic heterocycles. The van der Waals surface area contributed by atoms with Gasteiger partial charge in [-0.1, -0.05) is 12.1 Å². The van der Waals surface area contributed by atoms with Gasteiger partial charge in [-0.15, -0.1) is 0 Å². The van der Waals surface area contributed by atoms with Crippen LogP contribution in [0.25, 0.3) is 0 Å². The number of rotatable bonds is 5. The summed E-state index contributed by atoms with van der Waals surface area (Å²) >= 11 is 0. The van der Waals surface area contributed by atoms with Crippen LogP contribution in [0, 0.1) is 17.0 Å². The van der Waals surface area contributed by atoms with E-state index in [1.807, 2.05) is 31.2 Å². The molecule has 2 aromatic carbocycles. The number of nitrogens with zero attached hydrogens (tertiary/aromatic N) is 1. The Morgan fingerprint density at radius 1 is 1.30 bits per heavy atom. The molecule has 3 N–H and O–H groups in total. The first-order valence-corrected chi connectivity index (χ1v) is 6.03. The fourth-order valence-corrected chi connectivity index (χ4v) is 1.82. The molecule has 2 rings (SSSR count). The molecule has 0 fully saturated rings. The second-order valence-electron chi connectivity index (χ2n) is 4.36. The molecule has 0 unspecified atom stereocenters. The molecule has 20 heavy (non-hydrogen) atoms. The van der Waals surface area contributed by atoms with Gasteiger partial charge in [-0.3, -0.25) is 16.0 Å². The maximum Gasteiger partial charge on any atom is 0.293 e. The molecule has 0 aliphatic rings. The molecule has 2 aromatic rings. The second kappa shape index (κ2) is 6.03. The zero-order valence-corrected chi connectivity index (χ0v) is 11.0. The number of hydrazine groups is 1. The molecular formula is C14H15N3O3. The van der Waals surface area contributed by atoms with E-state index in [0.29, 0.717) is 6.61 Å². The van der Waals surface area contributed by atoms with E-state index in [9.17, 15) is 10.1 Å². The normalized spacial score (nSPS) is 10.1. The molecule has 104 valence electrons. The molecule has 0 radical (unpaired) electrons. The van der Waals surface area contributed by atoms with Crippen LogP contribution in [-0.4, -0.2) is 4.92 Å². The minimum Gasteiger partial charge on any atom is -0.489 e. The number of benzene rings is 2. The summed E-state index contributed by atoms with van der Waals surface area (Å²) in [5.74, 6) is 6.04. The van der Waals surface area contributed by atoms with Gasteiger partial charge in [-0.25, -0.2) is 0 Å². The van der Waals surface area contributed by atoms with E-state index in [0.717, 1.165) is 16.9 Å². The lowest BCUT2D eigenvalue weighted by atomic mass is 10.2. The summed E-state index contributed by atoms with van der Waals surface area (Å²) in [5, 5.41) is 10.8. The minimum absolute atomic E-state index is 0.0631. The van der Waals surface area contributed by atoms with Crippen molar-refractivity contribution >= 4 is 11.4 Å². The van der Waals surface area contributed by atoms with Crippen molar-refractivity contribution < 1.29 is 9.66 Å². The van der Waals surface area contributed by atoms with Gasteiger partial charge in [0.1, 0.15) is 18.0 Å². The summed E-state index contributed by atoms with van der Waals surface area (Å²) in [6.45, 7) is 2.30. The number of nitrogens with one attached hydrogen (secondary N) is 1. The van der Waals surface area contributed by atoms with E-state index in [1.54, 1.807) is 12.1 Å². The average Bonchev–Trinajstić information content (AvgIpc) is 2.44. The fraction of sp³-hybridized carbons (Fsp3) is 0.143. The zero-order valence-electron chi connectivity index (χ0n) is 11.0. The first kappa shape index (κ1) is 13.8. The van der Waals surface area contributed by atoms with Crippen LogP contribution in [-0.2, 0) is 6.61 Å². The van der Waals surface area contributed by atoms with Crippen LogP contribution < -0.4 is 16.0 Å². The lowest BCUT2D eigenvalue weighted by molar-refractivity contribution is -0.384. The Kier molecular flexibility index (Phi) is 4.17. The molecular weight excluding hydrogens is 258 g/mol. The molecule has 0 saturated heterocycles. The summed E-state index contributed by atoms with van der Waals surface area (Å²) in [7, 11) is 0. The fourth-order valence-electron chi connectivity index (χ4n) is 1.82. The second-order valence-corrected chi connectivity index (χ2v) is 4.36. The highest BCUT2D eigenvalue weighted by molar-refractivity contribution is 5.62. The van der Waals surface area contributed by atoms with Gasteiger partial charge < -0.3 is 10.2 Å². The third kappa shape index (κ3) is 3.24. The number of hydrogen-bond donors (Lipinski definition) is 2. The van der Waals surface area contributed by atoms with Crippen LogP contribution >= 0.6 is 0 Å². The van der Waals surface area contributed by atoms with E-state index >= 15 is 0 Å². The molecule has 0 heterocycles. The Balaban J connectivity index is 2.12. The molecule has 0 aliphatic carbocycles. The smallest absolute Gasteiger partial charge is 0.293 e. The summed E-state index contributed by atoms with van der Waals surface area (Å²) in [6, 6.07) is 12.3. The highest BCUT2D eigenvalue weighted by Crippen LogP contribution is 2.25. The van der Waals surface area contributed by atoms with Crippen LogP contribution in [0.15, 0.2) is 42.5 Å². The number of nitro groups is 1. The molecule has 0 saturated carbocycles. The van der Waals surface area contributed by atoms with Crippen molar-refractivity contribution in [1.82, 2.24) is 0 Å². The highest BCUT2D eigenvalue weighted by atomic mass is 16.6. The molecule has 0 amide bonds. The van der Waals surface area contributed by atoms with Crippen LogP contribution in [0.3, 0.4) is 0 Å². The van der Waals surface area contributed by atoms with Gasteiger partial charge in [-0.2, -0.15) is 0 Å². The molecule has 0 spiro atoms. The molecule has 6 nitrogen and oxygen atoms in total. The predicted octanol–water partition coefficient (Wildman–Crippen LogP) is 2.77. The van der Waals surface area contributed by atoms with Gasteiger partial charge in [0.05, 0.1) is 4.92 Å². The Morgan fingerprint density at radius 2 is 2.10 bits per heavy atom. The number of nitro benzene ring substituents is 1. The van der Waals surface area contributed by atoms with Crippen molar-refractivity contribution in [3.05, 3.63) is 63.7 Å². The maximum atomic E-state index is 10.8. The topological polar surface area (TPSA) is 90.4 Å². The van der Waals surface area contributed by atoms with Gasteiger partial charge in [0.15, 0.2) is 0 Å². The highest BCUT2D eigenvalue weighted by Gasteiger charge is 2.13. The SMILES string of the molecule is Cc1cccc(OCc2ccc([N+](=O)[O-])c(NN)c2)c1. The third-order valence-corrected chi connectivity index (χ3v) is 2.81. The van der Waals surface area contributed by atoms with Crippen molar-refractivity contribution in [1.29, 1.82) is 0 Å². The summed E-state index contributed by atoms with van der Waals surface area (Å²) < 4.78 is 5.63. The summed E-state index contributed by atoms with van der Waals surface area (Å²) in [4.78, 5) is 10.3. The number of nitrogens with two attached hydrogens (primary N) is 1. The Hall–Kier alpha value is -2.60. The van der Waals surface area contributed by atoms with Crippen molar-refractivity contribution in [2.45, 2.75) is 13.5 Å². The average molecular weight is 273 g/mol. The van der Waals surface area contributed by atoms with E-state index < -0.39 is 4.92 Å². The van der Waals surface area contributed by atoms with Gasteiger partial charge in [0.25, 0.3) is 5.69 Å². The van der Waals surface area contributed by atoms with Gasteiger partial charge in [-0.05, 0) is 42.3 Å². The van der Waals surface area contributed by atoms with E-state index in [2.05, 4.69) is 5.43 Å². The minimum atomic E-state index is -0.486. The van der Waals surface area contributed by atoms with E-state index in [1.165, 1.54) is 6.07 Å². The molecule has 6 heteroatoms. The summed E-state index contributed by atoms with van der Waals surface area (Å²) in [5.41, 5.74) is 4.43. The predicted molar refractivity (Wildman–Crippen MR) is 76.4 cm³/mol. The first-order valence-electron chi connectivity index (χ1n) is 6.03. The lowest BCUT2D eigenvalue weighted by Crippen LogP contribution is -2.09. The van der Waals surface area contributed by atoms with Gasteiger partial charge in [0.2, 0.25) is 0 Å². The summed E-state index contributed by atoms with van der Waals surface area (Å²) in [6.07, 6.45) is 0. The molecule has 0 aliphatic heterocycles. The number of hydrogen-bond acceptors (Lipinski definition) is 5. The number of ether oxygens (including phenoxy) is 1. The van der Waals surface area contributed by atoms with Crippen LogP contribution in [0.4, 0.5) is 11.4 Å². The van der Waals surface area contributed by atoms with Crippen LogP contribution in [0.1, 0.15) is 11.1 Å². The Bertz CT molecular complexity index is 629. The molecule has 0 bridgehead atoms. The van der Waals surface area contributed by atoms with E-state index in [4.69, 9.17) is 10.6 Å².